The molecule has 0 fully saturated rings. The van der Waals surface area contributed by atoms with Crippen LogP contribution in [-0.4, -0.2) is 41.5 Å². The van der Waals surface area contributed by atoms with Crippen molar-refractivity contribution in [2.75, 3.05) is 13.6 Å². The first-order valence-electron chi connectivity index (χ1n) is 6.55. The van der Waals surface area contributed by atoms with Crippen LogP contribution in [-0.2, 0) is 9.59 Å². The number of rotatable bonds is 8. The Balaban J connectivity index is 4.21. The van der Waals surface area contributed by atoms with E-state index in [1.807, 2.05) is 0 Å². The van der Waals surface area contributed by atoms with Crippen LogP contribution in [0.4, 0.5) is 4.79 Å². The molecule has 0 unspecified atom stereocenters. The smallest absolute Gasteiger partial charge is 0.323 e. The van der Waals surface area contributed by atoms with E-state index in [-0.39, 0.29) is 12.8 Å². The van der Waals surface area contributed by atoms with E-state index in [0.717, 1.165) is 12.8 Å². The molecule has 0 radical (unpaired) electrons. The van der Waals surface area contributed by atoms with E-state index in [0.29, 0.717) is 6.54 Å². The summed E-state index contributed by atoms with van der Waals surface area (Å²) < 4.78 is 0. The maximum atomic E-state index is 11.7. The first-order chi connectivity index (χ1) is 9.18. The van der Waals surface area contributed by atoms with Crippen molar-refractivity contribution in [2.45, 2.75) is 39.5 Å². The predicted octanol–water partition coefficient (Wildman–Crippen LogP) is 2.01. The number of carboxylic acid groups (broad SMARTS) is 1. The third-order valence-corrected chi connectivity index (χ3v) is 2.76. The van der Waals surface area contributed by atoms with Gasteiger partial charge in [0.25, 0.3) is 0 Å². The highest BCUT2D eigenvalue weighted by Gasteiger charge is 2.26. The first-order valence-corrected chi connectivity index (χ1v) is 6.55. The molecule has 0 spiro atoms. The van der Waals surface area contributed by atoms with Gasteiger partial charge < -0.3 is 10.0 Å². The van der Waals surface area contributed by atoms with Crippen LogP contribution in [0.25, 0.3) is 0 Å². The summed E-state index contributed by atoms with van der Waals surface area (Å²) in [5, 5.41) is 11.0. The van der Waals surface area contributed by atoms with E-state index >= 15 is 0 Å². The minimum atomic E-state index is -0.962. The van der Waals surface area contributed by atoms with Gasteiger partial charge in [0.2, 0.25) is 5.91 Å². The molecule has 0 aromatic rings. The van der Waals surface area contributed by atoms with Crippen molar-refractivity contribution in [3.05, 3.63) is 12.7 Å². The number of unbranched alkanes of at least 4 members (excludes halogenated alkanes) is 1. The molecule has 6 nitrogen and oxygen atoms in total. The summed E-state index contributed by atoms with van der Waals surface area (Å²) >= 11 is 0. The molecular weight excluding hydrogens is 260 g/mol. The van der Waals surface area contributed by atoms with Crippen LogP contribution in [0.15, 0.2) is 12.7 Å². The Bertz CT molecular complexity index is 377. The molecule has 20 heavy (non-hydrogen) atoms. The third-order valence-electron chi connectivity index (χ3n) is 2.76. The summed E-state index contributed by atoms with van der Waals surface area (Å²) in [7, 11) is 1.61. The lowest BCUT2D eigenvalue weighted by molar-refractivity contribution is -0.139. The molecule has 0 aliphatic carbocycles. The van der Waals surface area contributed by atoms with E-state index < -0.39 is 23.3 Å². The molecule has 3 amide bonds. The fourth-order valence-corrected chi connectivity index (χ4v) is 1.74. The number of aliphatic carboxylic acids is 1. The van der Waals surface area contributed by atoms with E-state index in [1.165, 1.54) is 4.90 Å². The van der Waals surface area contributed by atoms with Crippen LogP contribution in [0.1, 0.15) is 39.5 Å². The molecule has 0 aliphatic rings. The molecule has 0 aromatic carbocycles. The van der Waals surface area contributed by atoms with Crippen molar-refractivity contribution < 1.29 is 19.5 Å². The molecule has 0 saturated carbocycles. The van der Waals surface area contributed by atoms with Gasteiger partial charge in [0.15, 0.2) is 0 Å². The van der Waals surface area contributed by atoms with Gasteiger partial charge in [0.1, 0.15) is 0 Å². The molecule has 114 valence electrons. The van der Waals surface area contributed by atoms with E-state index in [4.69, 9.17) is 5.11 Å². The number of urea groups is 1. The second kappa shape index (κ2) is 8.35. The largest absolute Gasteiger partial charge is 0.481 e. The van der Waals surface area contributed by atoms with Crippen LogP contribution in [0.2, 0.25) is 0 Å². The van der Waals surface area contributed by atoms with Crippen LogP contribution >= 0.6 is 0 Å². The zero-order valence-corrected chi connectivity index (χ0v) is 12.4. The van der Waals surface area contributed by atoms with Gasteiger partial charge in [0.05, 0.1) is 6.42 Å². The zero-order valence-electron chi connectivity index (χ0n) is 12.4. The molecule has 0 heterocycles. The number of carbonyl (C=O) groups excluding carboxylic acids is 2. The second-order valence-corrected chi connectivity index (χ2v) is 5.62. The van der Waals surface area contributed by atoms with Crippen LogP contribution in [0, 0.1) is 5.41 Å². The lowest BCUT2D eigenvalue weighted by atomic mass is 9.85. The number of carboxylic acids is 1. The zero-order chi connectivity index (χ0) is 15.8. The fourth-order valence-electron chi connectivity index (χ4n) is 1.74. The Morgan fingerprint density at radius 1 is 1.30 bits per heavy atom. The molecule has 0 saturated heterocycles. The predicted molar refractivity (Wildman–Crippen MR) is 76.3 cm³/mol. The Hall–Kier alpha value is -1.85. The van der Waals surface area contributed by atoms with Crippen molar-refractivity contribution in [2.24, 2.45) is 5.41 Å². The molecule has 0 aromatic heterocycles. The van der Waals surface area contributed by atoms with Crippen LogP contribution in [0.3, 0.4) is 0 Å². The van der Waals surface area contributed by atoms with Crippen LogP contribution in [0.5, 0.6) is 0 Å². The molecule has 0 bridgehead atoms. The molecule has 0 atom stereocenters. The average Bonchev–Trinajstić information content (AvgIpc) is 2.25. The average molecular weight is 284 g/mol. The van der Waals surface area contributed by atoms with Gasteiger partial charge in [-0.15, -0.1) is 6.58 Å². The van der Waals surface area contributed by atoms with Crippen LogP contribution < -0.4 is 5.32 Å². The Labute approximate surface area is 119 Å². The Morgan fingerprint density at radius 3 is 2.40 bits per heavy atom. The van der Waals surface area contributed by atoms with Gasteiger partial charge in [-0.2, -0.15) is 0 Å². The summed E-state index contributed by atoms with van der Waals surface area (Å²) in [6, 6.07) is -0.467. The van der Waals surface area contributed by atoms with E-state index in [9.17, 15) is 14.4 Å². The quantitative estimate of drug-likeness (QED) is 0.527. The van der Waals surface area contributed by atoms with Gasteiger partial charge >= 0.3 is 12.0 Å². The molecule has 0 rings (SSSR count). The van der Waals surface area contributed by atoms with Gasteiger partial charge in [-0.05, 0) is 18.3 Å². The summed E-state index contributed by atoms with van der Waals surface area (Å²) in [6.07, 6.45) is 3.23. The highest BCUT2D eigenvalue weighted by molar-refractivity contribution is 5.94. The van der Waals surface area contributed by atoms with Gasteiger partial charge in [-0.3, -0.25) is 14.9 Å². The second-order valence-electron chi connectivity index (χ2n) is 5.62. The van der Waals surface area contributed by atoms with Gasteiger partial charge in [-0.25, -0.2) is 4.79 Å². The van der Waals surface area contributed by atoms with Gasteiger partial charge in [0, 0.05) is 20.0 Å². The Morgan fingerprint density at radius 2 is 1.90 bits per heavy atom. The van der Waals surface area contributed by atoms with Gasteiger partial charge in [-0.1, -0.05) is 19.9 Å². The Kier molecular flexibility index (Phi) is 7.57. The normalized spacial score (nSPS) is 10.8. The summed E-state index contributed by atoms with van der Waals surface area (Å²) in [5.41, 5.74) is -0.683. The summed E-state index contributed by atoms with van der Waals surface area (Å²) in [4.78, 5) is 35.5. The number of nitrogens with zero attached hydrogens (tertiary/aromatic N) is 1. The first kappa shape index (κ1) is 18.1. The third kappa shape index (κ3) is 8.29. The molecule has 6 heteroatoms. The number of hydrogen-bond donors (Lipinski definition) is 2. The van der Waals surface area contributed by atoms with Crippen molar-refractivity contribution in [1.29, 1.82) is 0 Å². The minimum Gasteiger partial charge on any atom is -0.481 e. The number of nitrogens with one attached hydrogen (secondary N) is 1. The molecule has 2 N–H and O–H groups in total. The van der Waals surface area contributed by atoms with Crippen molar-refractivity contribution >= 4 is 17.9 Å². The maximum absolute atomic E-state index is 11.7. The lowest BCUT2D eigenvalue weighted by Crippen LogP contribution is -2.42. The highest BCUT2D eigenvalue weighted by Crippen LogP contribution is 2.24. The highest BCUT2D eigenvalue weighted by atomic mass is 16.4. The SMILES string of the molecule is C=CCCCN(C)C(=O)NC(=O)CC(C)(C)CC(=O)O. The lowest BCUT2D eigenvalue weighted by Gasteiger charge is -2.22. The van der Waals surface area contributed by atoms with E-state index in [1.54, 1.807) is 27.0 Å². The van der Waals surface area contributed by atoms with Crippen molar-refractivity contribution in [3.63, 3.8) is 0 Å². The molecule has 0 aliphatic heterocycles. The standard InChI is InChI=1S/C14H24N2O4/c1-5-6-7-8-16(4)13(20)15-11(17)9-14(2,3)10-12(18)19/h5H,1,6-10H2,2-4H3,(H,18,19)(H,15,17,20). The number of amides is 3. The number of hydrogen-bond acceptors (Lipinski definition) is 3. The number of imide groups is 1. The number of carbonyl (C=O) groups is 3. The van der Waals surface area contributed by atoms with Crippen molar-refractivity contribution in [3.8, 4) is 0 Å². The topological polar surface area (TPSA) is 86.7 Å². The summed E-state index contributed by atoms with van der Waals surface area (Å²) in [5.74, 6) is -1.42. The van der Waals surface area contributed by atoms with E-state index in [2.05, 4.69) is 11.9 Å². The molecular formula is C14H24N2O4. The number of allylic oxidation sites excluding steroid dienone is 1. The summed E-state index contributed by atoms with van der Waals surface area (Å²) in [6.45, 7) is 7.48. The monoisotopic (exact) mass is 284 g/mol. The fraction of sp³-hybridized carbons (Fsp3) is 0.643. The maximum Gasteiger partial charge on any atom is 0.323 e. The minimum absolute atomic E-state index is 0.00840. The van der Waals surface area contributed by atoms with Crippen molar-refractivity contribution in [1.82, 2.24) is 10.2 Å².